The van der Waals surface area contributed by atoms with E-state index in [0.717, 1.165) is 11.1 Å². The van der Waals surface area contributed by atoms with E-state index < -0.39 is 41.1 Å². The Labute approximate surface area is 224 Å². The Bertz CT molecular complexity index is 1240. The third-order valence-electron chi connectivity index (χ3n) is 7.17. The Balaban J connectivity index is 1.89. The number of carboxylic acid groups (broad SMARTS) is 1. The zero-order valence-electron chi connectivity index (χ0n) is 22.1. The summed E-state index contributed by atoms with van der Waals surface area (Å²) in [4.78, 5) is 28.8. The number of hydrogen-bond donors (Lipinski definition) is 1. The van der Waals surface area contributed by atoms with Gasteiger partial charge < -0.3 is 14.6 Å². The van der Waals surface area contributed by atoms with E-state index in [-0.39, 0.29) is 13.2 Å². The SMILES string of the molecule is C=CC(C(C)(C)C)[C@]1(COCc2ccccc2)C(=O)O[C@H](c2ccccc2)[C@H](c2ccccc2)N1C(=O)O. The Morgan fingerprint density at radius 3 is 2.03 bits per heavy atom. The molecule has 1 saturated heterocycles. The van der Waals surface area contributed by atoms with Crippen LogP contribution in [0.1, 0.15) is 49.6 Å². The van der Waals surface area contributed by atoms with Crippen LogP contribution in [0.2, 0.25) is 0 Å². The highest BCUT2D eigenvalue weighted by Crippen LogP contribution is 2.51. The molecular weight excluding hydrogens is 478 g/mol. The maximum Gasteiger partial charge on any atom is 0.409 e. The largest absolute Gasteiger partial charge is 0.465 e. The van der Waals surface area contributed by atoms with E-state index in [1.165, 1.54) is 4.90 Å². The minimum absolute atomic E-state index is 0.189. The van der Waals surface area contributed by atoms with Crippen molar-refractivity contribution >= 4 is 12.1 Å². The van der Waals surface area contributed by atoms with Gasteiger partial charge in [0.2, 0.25) is 0 Å². The molecular formula is C32H35NO5. The predicted molar refractivity (Wildman–Crippen MR) is 146 cm³/mol. The van der Waals surface area contributed by atoms with Crippen LogP contribution in [0.25, 0.3) is 0 Å². The molecule has 1 N–H and O–H groups in total. The molecule has 198 valence electrons. The molecule has 1 aliphatic rings. The van der Waals surface area contributed by atoms with Crippen LogP contribution in [-0.2, 0) is 20.9 Å². The third-order valence-corrected chi connectivity index (χ3v) is 7.17. The second-order valence-corrected chi connectivity index (χ2v) is 10.7. The molecule has 0 aromatic heterocycles. The molecule has 1 unspecified atom stereocenters. The van der Waals surface area contributed by atoms with Gasteiger partial charge in [-0.2, -0.15) is 0 Å². The summed E-state index contributed by atoms with van der Waals surface area (Å²) < 4.78 is 12.4. The van der Waals surface area contributed by atoms with Crippen molar-refractivity contribution in [2.45, 2.75) is 45.1 Å². The molecule has 0 saturated carbocycles. The summed E-state index contributed by atoms with van der Waals surface area (Å²) in [6, 6.07) is 27.4. The van der Waals surface area contributed by atoms with Crippen LogP contribution in [0.4, 0.5) is 4.79 Å². The van der Waals surface area contributed by atoms with Gasteiger partial charge in [0, 0.05) is 5.92 Å². The molecule has 1 heterocycles. The third kappa shape index (κ3) is 5.22. The van der Waals surface area contributed by atoms with Gasteiger partial charge in [-0.3, -0.25) is 4.90 Å². The van der Waals surface area contributed by atoms with Crippen molar-refractivity contribution in [3.05, 3.63) is 120 Å². The van der Waals surface area contributed by atoms with E-state index in [2.05, 4.69) is 6.58 Å². The summed E-state index contributed by atoms with van der Waals surface area (Å²) in [5.41, 5.74) is 0.144. The number of morpholine rings is 1. The lowest BCUT2D eigenvalue weighted by Gasteiger charge is -2.55. The van der Waals surface area contributed by atoms with Gasteiger partial charge in [0.05, 0.1) is 13.2 Å². The average molecular weight is 514 g/mol. The molecule has 4 atom stereocenters. The lowest BCUT2D eigenvalue weighted by Crippen LogP contribution is -2.70. The highest BCUT2D eigenvalue weighted by atomic mass is 16.6. The summed E-state index contributed by atoms with van der Waals surface area (Å²) in [7, 11) is 0. The summed E-state index contributed by atoms with van der Waals surface area (Å²) in [6.45, 7) is 9.96. The second-order valence-electron chi connectivity index (χ2n) is 10.7. The fraction of sp³-hybridized carbons (Fsp3) is 0.312. The summed E-state index contributed by atoms with van der Waals surface area (Å²) in [6.07, 6.45) is -0.403. The summed E-state index contributed by atoms with van der Waals surface area (Å²) in [5.74, 6) is -1.26. The van der Waals surface area contributed by atoms with E-state index >= 15 is 0 Å². The number of amides is 1. The van der Waals surface area contributed by atoms with Crippen molar-refractivity contribution < 1.29 is 24.2 Å². The first kappa shape index (κ1) is 27.1. The van der Waals surface area contributed by atoms with Crippen LogP contribution in [0.15, 0.2) is 104 Å². The number of esters is 1. The first-order valence-corrected chi connectivity index (χ1v) is 12.8. The Morgan fingerprint density at radius 1 is 1.00 bits per heavy atom. The van der Waals surface area contributed by atoms with E-state index in [9.17, 15) is 14.7 Å². The number of rotatable bonds is 8. The van der Waals surface area contributed by atoms with Gasteiger partial charge >= 0.3 is 12.1 Å². The first-order valence-electron chi connectivity index (χ1n) is 12.8. The number of carbonyl (C=O) groups is 2. The Hall–Kier alpha value is -3.90. The Morgan fingerprint density at radius 2 is 1.53 bits per heavy atom. The highest BCUT2D eigenvalue weighted by Gasteiger charge is 2.63. The molecule has 1 aliphatic heterocycles. The topological polar surface area (TPSA) is 76.1 Å². The first-order chi connectivity index (χ1) is 18.2. The standard InChI is InChI=1S/C32H35NO5/c1-5-26(31(2,3)4)32(22-37-21-23-15-9-6-10-16-23)29(34)38-28(25-19-13-8-14-20-25)27(33(32)30(35)36)24-17-11-7-12-18-24/h5-20,26-28H,1,21-22H2,2-4H3,(H,35,36)/t26?,27-,28+,32+/m0/s1. The highest BCUT2D eigenvalue weighted by molar-refractivity contribution is 5.88. The molecule has 6 heteroatoms. The molecule has 0 aliphatic carbocycles. The van der Waals surface area contributed by atoms with Gasteiger partial charge in [-0.15, -0.1) is 6.58 Å². The van der Waals surface area contributed by atoms with Gasteiger partial charge in [-0.05, 0) is 22.1 Å². The zero-order valence-corrected chi connectivity index (χ0v) is 22.1. The monoisotopic (exact) mass is 513 g/mol. The van der Waals surface area contributed by atoms with Gasteiger partial charge in [0.1, 0.15) is 6.04 Å². The van der Waals surface area contributed by atoms with Gasteiger partial charge in [-0.25, -0.2) is 9.59 Å². The van der Waals surface area contributed by atoms with Crippen LogP contribution in [0.3, 0.4) is 0 Å². The van der Waals surface area contributed by atoms with E-state index in [0.29, 0.717) is 5.56 Å². The predicted octanol–water partition coefficient (Wildman–Crippen LogP) is 6.81. The van der Waals surface area contributed by atoms with Crippen molar-refractivity contribution in [2.75, 3.05) is 6.61 Å². The van der Waals surface area contributed by atoms with Crippen LogP contribution in [-0.4, -0.2) is 34.2 Å². The van der Waals surface area contributed by atoms with E-state index in [1.807, 2.05) is 112 Å². The Kier molecular flexibility index (Phi) is 8.02. The quantitative estimate of drug-likeness (QED) is 0.265. The molecule has 6 nitrogen and oxygen atoms in total. The lowest BCUT2D eigenvalue weighted by atomic mass is 9.66. The zero-order chi connectivity index (χ0) is 27.3. The van der Waals surface area contributed by atoms with Crippen molar-refractivity contribution in [3.8, 4) is 0 Å². The molecule has 0 bridgehead atoms. The maximum atomic E-state index is 14.2. The molecule has 3 aromatic carbocycles. The number of cyclic esters (lactones) is 1. The van der Waals surface area contributed by atoms with Crippen molar-refractivity contribution in [2.24, 2.45) is 11.3 Å². The molecule has 1 amide bonds. The normalized spacial score (nSPS) is 22.4. The van der Waals surface area contributed by atoms with Gasteiger partial charge in [0.25, 0.3) is 0 Å². The van der Waals surface area contributed by atoms with Gasteiger partial charge in [-0.1, -0.05) is 118 Å². The van der Waals surface area contributed by atoms with Crippen molar-refractivity contribution in [1.29, 1.82) is 0 Å². The van der Waals surface area contributed by atoms with Crippen molar-refractivity contribution in [1.82, 2.24) is 4.90 Å². The van der Waals surface area contributed by atoms with E-state index in [1.54, 1.807) is 6.08 Å². The number of ether oxygens (including phenoxy) is 2. The number of benzene rings is 3. The smallest absolute Gasteiger partial charge is 0.409 e. The number of hydrogen-bond acceptors (Lipinski definition) is 4. The second kappa shape index (κ2) is 11.2. The number of nitrogens with zero attached hydrogens (tertiary/aromatic N) is 1. The molecule has 1 fully saturated rings. The lowest BCUT2D eigenvalue weighted by molar-refractivity contribution is -0.203. The van der Waals surface area contributed by atoms with E-state index in [4.69, 9.17) is 9.47 Å². The van der Waals surface area contributed by atoms with Crippen LogP contribution < -0.4 is 0 Å². The molecule has 0 radical (unpaired) electrons. The minimum atomic E-state index is -1.67. The number of carbonyl (C=O) groups excluding carboxylic acids is 1. The minimum Gasteiger partial charge on any atom is -0.465 e. The average Bonchev–Trinajstić information content (AvgIpc) is 2.90. The van der Waals surface area contributed by atoms with Crippen LogP contribution in [0, 0.1) is 11.3 Å². The van der Waals surface area contributed by atoms with Gasteiger partial charge in [0.15, 0.2) is 11.6 Å². The summed E-state index contributed by atoms with van der Waals surface area (Å²) >= 11 is 0. The molecule has 3 aromatic rings. The van der Waals surface area contributed by atoms with Crippen molar-refractivity contribution in [3.63, 3.8) is 0 Å². The fourth-order valence-corrected chi connectivity index (χ4v) is 5.58. The molecule has 4 rings (SSSR count). The van der Waals surface area contributed by atoms with Crippen LogP contribution in [0.5, 0.6) is 0 Å². The molecule has 38 heavy (non-hydrogen) atoms. The van der Waals surface area contributed by atoms with Crippen LogP contribution >= 0.6 is 0 Å². The fourth-order valence-electron chi connectivity index (χ4n) is 5.58. The molecule has 0 spiro atoms. The summed E-state index contributed by atoms with van der Waals surface area (Å²) in [5, 5.41) is 10.8. The maximum absolute atomic E-state index is 14.2.